The lowest BCUT2D eigenvalue weighted by molar-refractivity contribution is 0.278. The second kappa shape index (κ2) is 6.37. The van der Waals surface area contributed by atoms with Gasteiger partial charge in [0.25, 0.3) is 0 Å². The van der Waals surface area contributed by atoms with E-state index in [1.54, 1.807) is 25.8 Å². The molecule has 0 aliphatic carbocycles. The van der Waals surface area contributed by atoms with Gasteiger partial charge in [-0.3, -0.25) is 4.57 Å². The molecule has 0 bridgehead atoms. The van der Waals surface area contributed by atoms with Crippen LogP contribution < -0.4 is 4.74 Å². The average Bonchev–Trinajstić information content (AvgIpc) is 3.29. The standard InChI is InChI=1S/C18H17N5O2/c1-25-18-14(3-2-6-20-18)17-19-7-8-23(17)13-4-5-16-15(11-13)21-12-22(16)9-10-24/h2-8,11-12,24H,9-10H2,1H3. The fourth-order valence-electron chi connectivity index (χ4n) is 2.92. The van der Waals surface area contributed by atoms with Crippen LogP contribution in [0.4, 0.5) is 0 Å². The van der Waals surface area contributed by atoms with Gasteiger partial charge in [-0.25, -0.2) is 15.0 Å². The number of nitrogens with zero attached hydrogens (tertiary/aromatic N) is 5. The summed E-state index contributed by atoms with van der Waals surface area (Å²) in [6.07, 6.45) is 7.07. The van der Waals surface area contributed by atoms with Crippen molar-refractivity contribution in [1.29, 1.82) is 0 Å². The number of benzene rings is 1. The summed E-state index contributed by atoms with van der Waals surface area (Å²) in [6.45, 7) is 0.610. The molecular weight excluding hydrogens is 318 g/mol. The highest BCUT2D eigenvalue weighted by Crippen LogP contribution is 2.29. The zero-order chi connectivity index (χ0) is 17.2. The predicted octanol–water partition coefficient (Wildman–Crippen LogP) is 2.28. The third-order valence-electron chi connectivity index (χ3n) is 4.07. The molecule has 0 unspecified atom stereocenters. The molecule has 0 aliphatic heterocycles. The molecule has 4 rings (SSSR count). The molecule has 3 aromatic heterocycles. The zero-order valence-electron chi connectivity index (χ0n) is 13.7. The van der Waals surface area contributed by atoms with Crippen molar-refractivity contribution >= 4 is 11.0 Å². The topological polar surface area (TPSA) is 78.0 Å². The van der Waals surface area contributed by atoms with Crippen LogP contribution in [0.3, 0.4) is 0 Å². The first-order valence-corrected chi connectivity index (χ1v) is 7.90. The number of hydrogen-bond donors (Lipinski definition) is 1. The fourth-order valence-corrected chi connectivity index (χ4v) is 2.92. The molecule has 3 heterocycles. The quantitative estimate of drug-likeness (QED) is 0.605. The third-order valence-corrected chi connectivity index (χ3v) is 4.07. The van der Waals surface area contributed by atoms with Crippen LogP contribution in [0.25, 0.3) is 28.1 Å². The molecule has 4 aromatic rings. The van der Waals surface area contributed by atoms with E-state index in [1.165, 1.54) is 0 Å². The maximum absolute atomic E-state index is 9.14. The van der Waals surface area contributed by atoms with Crippen LogP contribution in [0.5, 0.6) is 5.88 Å². The number of aliphatic hydroxyl groups excluding tert-OH is 1. The van der Waals surface area contributed by atoms with Crippen molar-refractivity contribution < 1.29 is 9.84 Å². The molecule has 0 aliphatic rings. The number of imidazole rings is 2. The Balaban J connectivity index is 1.81. The molecule has 126 valence electrons. The van der Waals surface area contributed by atoms with E-state index in [-0.39, 0.29) is 6.61 Å². The Kier molecular flexibility index (Phi) is 3.91. The summed E-state index contributed by atoms with van der Waals surface area (Å²) in [5.41, 5.74) is 3.61. The van der Waals surface area contributed by atoms with Gasteiger partial charge in [0.05, 0.1) is 36.6 Å². The van der Waals surface area contributed by atoms with Crippen molar-refractivity contribution in [3.05, 3.63) is 55.2 Å². The number of pyridine rings is 1. The van der Waals surface area contributed by atoms with Crippen molar-refractivity contribution in [2.75, 3.05) is 13.7 Å². The van der Waals surface area contributed by atoms with Gasteiger partial charge in [-0.05, 0) is 30.3 Å². The summed E-state index contributed by atoms with van der Waals surface area (Å²) in [7, 11) is 1.60. The van der Waals surface area contributed by atoms with Crippen LogP contribution in [0, 0.1) is 0 Å². The maximum atomic E-state index is 9.14. The fraction of sp³-hybridized carbons (Fsp3) is 0.167. The smallest absolute Gasteiger partial charge is 0.224 e. The first kappa shape index (κ1) is 15.3. The summed E-state index contributed by atoms with van der Waals surface area (Å²) in [6, 6.07) is 9.79. The van der Waals surface area contributed by atoms with Gasteiger partial charge in [0, 0.05) is 30.8 Å². The van der Waals surface area contributed by atoms with Crippen molar-refractivity contribution in [3.63, 3.8) is 0 Å². The third kappa shape index (κ3) is 2.64. The molecule has 7 heteroatoms. The Morgan fingerprint density at radius 1 is 1.12 bits per heavy atom. The van der Waals surface area contributed by atoms with Gasteiger partial charge >= 0.3 is 0 Å². The highest BCUT2D eigenvalue weighted by Gasteiger charge is 2.14. The molecule has 0 amide bonds. The summed E-state index contributed by atoms with van der Waals surface area (Å²) < 4.78 is 9.26. The first-order chi connectivity index (χ1) is 12.3. The lowest BCUT2D eigenvalue weighted by atomic mass is 10.2. The highest BCUT2D eigenvalue weighted by atomic mass is 16.5. The minimum atomic E-state index is 0.0830. The van der Waals surface area contributed by atoms with E-state index in [4.69, 9.17) is 9.84 Å². The second-order valence-corrected chi connectivity index (χ2v) is 5.52. The minimum Gasteiger partial charge on any atom is -0.480 e. The van der Waals surface area contributed by atoms with Gasteiger partial charge in [0.1, 0.15) is 5.82 Å². The van der Waals surface area contributed by atoms with E-state index in [2.05, 4.69) is 15.0 Å². The first-order valence-electron chi connectivity index (χ1n) is 7.90. The molecule has 0 saturated heterocycles. The highest BCUT2D eigenvalue weighted by molar-refractivity contribution is 5.78. The lowest BCUT2D eigenvalue weighted by Crippen LogP contribution is -2.01. The SMILES string of the molecule is COc1ncccc1-c1nccn1-c1ccc2c(c1)ncn2CCO. The van der Waals surface area contributed by atoms with Gasteiger partial charge in [-0.15, -0.1) is 0 Å². The molecule has 0 spiro atoms. The summed E-state index contributed by atoms with van der Waals surface area (Å²) in [5, 5.41) is 9.14. The molecule has 1 aromatic carbocycles. The average molecular weight is 335 g/mol. The number of hydrogen-bond acceptors (Lipinski definition) is 5. The number of methoxy groups -OCH3 is 1. The molecule has 1 N–H and O–H groups in total. The monoisotopic (exact) mass is 335 g/mol. The number of aromatic nitrogens is 5. The van der Waals surface area contributed by atoms with Crippen LogP contribution in [0.15, 0.2) is 55.2 Å². The van der Waals surface area contributed by atoms with Gasteiger partial charge < -0.3 is 14.4 Å². The minimum absolute atomic E-state index is 0.0830. The molecule has 0 radical (unpaired) electrons. The maximum Gasteiger partial charge on any atom is 0.224 e. The molecule has 25 heavy (non-hydrogen) atoms. The van der Waals surface area contributed by atoms with Gasteiger partial charge in [-0.2, -0.15) is 0 Å². The number of ether oxygens (including phenoxy) is 1. The Morgan fingerprint density at radius 3 is 2.88 bits per heavy atom. The Bertz CT molecular complexity index is 1020. The van der Waals surface area contributed by atoms with Crippen molar-refractivity contribution in [1.82, 2.24) is 24.1 Å². The van der Waals surface area contributed by atoms with Crippen LogP contribution in [-0.4, -0.2) is 42.9 Å². The lowest BCUT2D eigenvalue weighted by Gasteiger charge is -2.10. The second-order valence-electron chi connectivity index (χ2n) is 5.52. The number of aliphatic hydroxyl groups is 1. The van der Waals surface area contributed by atoms with Crippen LogP contribution in [0.2, 0.25) is 0 Å². The van der Waals surface area contributed by atoms with Crippen molar-refractivity contribution in [2.24, 2.45) is 0 Å². The molecule has 0 saturated carbocycles. The molecular formula is C18H17N5O2. The van der Waals surface area contributed by atoms with E-state index < -0.39 is 0 Å². The summed E-state index contributed by atoms with van der Waals surface area (Å²) >= 11 is 0. The summed E-state index contributed by atoms with van der Waals surface area (Å²) in [5.74, 6) is 1.28. The van der Waals surface area contributed by atoms with E-state index in [1.807, 2.05) is 45.7 Å². The Labute approximate surface area is 144 Å². The zero-order valence-corrected chi connectivity index (χ0v) is 13.7. The normalized spacial score (nSPS) is 11.1. The molecule has 0 fully saturated rings. The van der Waals surface area contributed by atoms with Gasteiger partial charge in [0.2, 0.25) is 5.88 Å². The van der Waals surface area contributed by atoms with Gasteiger partial charge in [0.15, 0.2) is 0 Å². The molecule has 0 atom stereocenters. The van der Waals surface area contributed by atoms with Crippen molar-refractivity contribution in [2.45, 2.75) is 6.54 Å². The van der Waals surface area contributed by atoms with E-state index in [0.29, 0.717) is 12.4 Å². The van der Waals surface area contributed by atoms with Gasteiger partial charge in [-0.1, -0.05) is 0 Å². The Hall–Kier alpha value is -3.19. The van der Waals surface area contributed by atoms with E-state index in [9.17, 15) is 0 Å². The predicted molar refractivity (Wildman–Crippen MR) is 93.7 cm³/mol. The van der Waals surface area contributed by atoms with Crippen molar-refractivity contribution in [3.8, 4) is 23.0 Å². The van der Waals surface area contributed by atoms with E-state index >= 15 is 0 Å². The number of fused-ring (bicyclic) bond motifs is 1. The summed E-state index contributed by atoms with van der Waals surface area (Å²) in [4.78, 5) is 13.1. The van der Waals surface area contributed by atoms with Crippen LogP contribution in [-0.2, 0) is 6.54 Å². The van der Waals surface area contributed by atoms with Crippen LogP contribution in [0.1, 0.15) is 0 Å². The van der Waals surface area contributed by atoms with Crippen LogP contribution >= 0.6 is 0 Å². The number of rotatable bonds is 5. The Morgan fingerprint density at radius 2 is 2.04 bits per heavy atom. The largest absolute Gasteiger partial charge is 0.480 e. The van der Waals surface area contributed by atoms with E-state index in [0.717, 1.165) is 28.1 Å². The molecule has 7 nitrogen and oxygen atoms in total.